The van der Waals surface area contributed by atoms with E-state index < -0.39 is 5.97 Å². The minimum atomic E-state index is -0.913. The summed E-state index contributed by atoms with van der Waals surface area (Å²) in [5.41, 5.74) is 1.44. The van der Waals surface area contributed by atoms with Crippen molar-refractivity contribution in [2.45, 2.75) is 6.54 Å². The van der Waals surface area contributed by atoms with Crippen LogP contribution in [0.5, 0.6) is 5.75 Å². The zero-order valence-electron chi connectivity index (χ0n) is 10.1. The van der Waals surface area contributed by atoms with E-state index in [4.69, 9.17) is 21.4 Å². The third-order valence-corrected chi connectivity index (χ3v) is 3.86. The topological polar surface area (TPSA) is 58.6 Å². The van der Waals surface area contributed by atoms with Crippen molar-refractivity contribution in [2.75, 3.05) is 12.4 Å². The number of carboxylic acids is 1. The molecule has 0 saturated carbocycles. The minimum Gasteiger partial charge on any atom is -0.497 e. The fourth-order valence-electron chi connectivity index (χ4n) is 1.62. The van der Waals surface area contributed by atoms with Crippen molar-refractivity contribution in [3.05, 3.63) is 45.1 Å². The Morgan fingerprint density at radius 2 is 2.26 bits per heavy atom. The normalized spacial score (nSPS) is 10.2. The maximum absolute atomic E-state index is 11.0. The molecule has 1 aromatic heterocycles. The molecule has 2 N–H and O–H groups in total. The number of benzene rings is 1. The largest absolute Gasteiger partial charge is 0.497 e. The lowest BCUT2D eigenvalue weighted by Crippen LogP contribution is -2.04. The van der Waals surface area contributed by atoms with Gasteiger partial charge in [0.2, 0.25) is 0 Å². The number of rotatable bonds is 5. The molecule has 100 valence electrons. The summed E-state index contributed by atoms with van der Waals surface area (Å²) < 4.78 is 5.12. The summed E-state index contributed by atoms with van der Waals surface area (Å²) in [6.45, 7) is 0.401. The number of hydrogen-bond acceptors (Lipinski definition) is 4. The fraction of sp³-hybridized carbons (Fsp3) is 0.154. The van der Waals surface area contributed by atoms with Crippen LogP contribution in [0.15, 0.2) is 29.6 Å². The Hall–Kier alpha value is -1.72. The van der Waals surface area contributed by atoms with Gasteiger partial charge in [-0.15, -0.1) is 11.3 Å². The van der Waals surface area contributed by atoms with Gasteiger partial charge in [0.25, 0.3) is 0 Å². The van der Waals surface area contributed by atoms with E-state index >= 15 is 0 Å². The smallest absolute Gasteiger partial charge is 0.346 e. The van der Waals surface area contributed by atoms with Crippen LogP contribution in [0.3, 0.4) is 0 Å². The molecule has 0 aliphatic heterocycles. The Bertz CT molecular complexity index is 597. The van der Waals surface area contributed by atoms with Gasteiger partial charge in [-0.25, -0.2) is 4.79 Å². The third-order valence-electron chi connectivity index (χ3n) is 2.58. The zero-order chi connectivity index (χ0) is 13.8. The van der Waals surface area contributed by atoms with E-state index in [0.717, 1.165) is 5.56 Å². The van der Waals surface area contributed by atoms with Crippen molar-refractivity contribution in [1.29, 1.82) is 0 Å². The molecule has 2 rings (SSSR count). The molecular weight excluding hydrogens is 286 g/mol. The number of halogens is 1. The van der Waals surface area contributed by atoms with Gasteiger partial charge in [-0.3, -0.25) is 0 Å². The predicted octanol–water partition coefficient (Wildman–Crippen LogP) is 3.72. The van der Waals surface area contributed by atoms with Crippen molar-refractivity contribution >= 4 is 34.6 Å². The highest BCUT2D eigenvalue weighted by atomic mass is 35.5. The summed E-state index contributed by atoms with van der Waals surface area (Å²) in [6, 6.07) is 7.06. The Kier molecular flexibility index (Phi) is 4.29. The molecule has 0 spiro atoms. The summed E-state index contributed by atoms with van der Waals surface area (Å²) >= 11 is 7.27. The first-order valence-electron chi connectivity index (χ1n) is 5.49. The maximum Gasteiger partial charge on any atom is 0.346 e. The molecule has 0 radical (unpaired) electrons. The van der Waals surface area contributed by atoms with Gasteiger partial charge in [-0.2, -0.15) is 0 Å². The number of thiophene rings is 1. The Morgan fingerprint density at radius 3 is 2.95 bits per heavy atom. The Labute approximate surface area is 119 Å². The van der Waals surface area contributed by atoms with Crippen LogP contribution >= 0.6 is 22.9 Å². The minimum absolute atomic E-state index is 0.339. The van der Waals surface area contributed by atoms with E-state index in [-0.39, 0.29) is 0 Å². The molecule has 0 bridgehead atoms. The summed E-state index contributed by atoms with van der Waals surface area (Å²) in [5, 5.41) is 14.5. The van der Waals surface area contributed by atoms with Crippen LogP contribution in [0.4, 0.5) is 5.69 Å². The van der Waals surface area contributed by atoms with E-state index in [1.165, 1.54) is 11.3 Å². The van der Waals surface area contributed by atoms with Gasteiger partial charge in [0.05, 0.1) is 17.8 Å². The highest BCUT2D eigenvalue weighted by Crippen LogP contribution is 2.27. The summed E-state index contributed by atoms with van der Waals surface area (Å²) in [7, 11) is 1.58. The Morgan fingerprint density at radius 1 is 1.47 bits per heavy atom. The summed E-state index contributed by atoms with van der Waals surface area (Å²) in [4.78, 5) is 11.3. The maximum atomic E-state index is 11.0. The van der Waals surface area contributed by atoms with Crippen LogP contribution in [0.2, 0.25) is 5.02 Å². The molecule has 1 aromatic carbocycles. The number of ether oxygens (including phenoxy) is 1. The van der Waals surface area contributed by atoms with Crippen LogP contribution in [-0.4, -0.2) is 18.2 Å². The van der Waals surface area contributed by atoms with Crippen molar-refractivity contribution < 1.29 is 14.6 Å². The molecule has 0 fully saturated rings. The first kappa shape index (κ1) is 13.7. The van der Waals surface area contributed by atoms with Gasteiger partial charge in [0, 0.05) is 12.6 Å². The lowest BCUT2D eigenvalue weighted by molar-refractivity contribution is 0.0701. The monoisotopic (exact) mass is 297 g/mol. The zero-order valence-corrected chi connectivity index (χ0v) is 11.7. The first-order chi connectivity index (χ1) is 9.11. The van der Waals surface area contributed by atoms with Crippen LogP contribution in [0.1, 0.15) is 15.2 Å². The molecule has 0 saturated heterocycles. The SMILES string of the molecule is COc1ccc(Cl)c(NCc2ccsc2C(=O)O)c1. The predicted molar refractivity (Wildman–Crippen MR) is 76.6 cm³/mol. The molecule has 2 aromatic rings. The molecule has 1 heterocycles. The first-order valence-corrected chi connectivity index (χ1v) is 6.74. The number of hydrogen-bond donors (Lipinski definition) is 2. The second-order valence-corrected chi connectivity index (χ2v) is 5.10. The van der Waals surface area contributed by atoms with Gasteiger partial charge in [-0.05, 0) is 29.1 Å². The highest BCUT2D eigenvalue weighted by molar-refractivity contribution is 7.12. The number of anilines is 1. The molecular formula is C13H12ClNO3S. The second-order valence-electron chi connectivity index (χ2n) is 3.78. The van der Waals surface area contributed by atoms with E-state index in [0.29, 0.717) is 27.9 Å². The summed E-state index contributed by atoms with van der Waals surface area (Å²) in [5.74, 6) is -0.223. The van der Waals surface area contributed by atoms with Gasteiger partial charge in [0.15, 0.2) is 0 Å². The number of carboxylic acid groups (broad SMARTS) is 1. The van der Waals surface area contributed by atoms with Gasteiger partial charge < -0.3 is 15.2 Å². The number of methoxy groups -OCH3 is 1. The van der Waals surface area contributed by atoms with Crippen LogP contribution in [0, 0.1) is 0 Å². The molecule has 19 heavy (non-hydrogen) atoms. The fourth-order valence-corrected chi connectivity index (χ4v) is 2.56. The lowest BCUT2D eigenvalue weighted by atomic mass is 10.2. The third kappa shape index (κ3) is 3.19. The van der Waals surface area contributed by atoms with Crippen LogP contribution in [0.25, 0.3) is 0 Å². The van der Waals surface area contributed by atoms with Crippen LogP contribution < -0.4 is 10.1 Å². The van der Waals surface area contributed by atoms with Gasteiger partial charge in [-0.1, -0.05) is 11.6 Å². The average Bonchev–Trinajstić information content (AvgIpc) is 2.86. The Balaban J connectivity index is 2.14. The molecule has 0 unspecified atom stereocenters. The molecule has 6 heteroatoms. The van der Waals surface area contributed by atoms with E-state index in [9.17, 15) is 4.79 Å². The summed E-state index contributed by atoms with van der Waals surface area (Å²) in [6.07, 6.45) is 0. The van der Waals surface area contributed by atoms with Crippen molar-refractivity contribution in [3.63, 3.8) is 0 Å². The van der Waals surface area contributed by atoms with Crippen molar-refractivity contribution in [3.8, 4) is 5.75 Å². The molecule has 0 amide bonds. The standard InChI is InChI=1S/C13H12ClNO3S/c1-18-9-2-3-10(14)11(6-9)15-7-8-4-5-19-12(8)13(16)17/h2-6,15H,7H2,1H3,(H,16,17). The number of nitrogens with one attached hydrogen (secondary N) is 1. The molecule has 0 aliphatic carbocycles. The van der Waals surface area contributed by atoms with Crippen LogP contribution in [-0.2, 0) is 6.54 Å². The van der Waals surface area contributed by atoms with Gasteiger partial charge in [0.1, 0.15) is 10.6 Å². The van der Waals surface area contributed by atoms with Crippen molar-refractivity contribution in [1.82, 2.24) is 0 Å². The number of carbonyl (C=O) groups is 1. The molecule has 0 aliphatic rings. The van der Waals surface area contributed by atoms with Gasteiger partial charge >= 0.3 is 5.97 Å². The average molecular weight is 298 g/mol. The van der Waals surface area contributed by atoms with E-state index in [1.807, 2.05) is 0 Å². The van der Waals surface area contributed by atoms with E-state index in [1.54, 1.807) is 36.8 Å². The highest BCUT2D eigenvalue weighted by Gasteiger charge is 2.11. The quantitative estimate of drug-likeness (QED) is 0.883. The number of aromatic carboxylic acids is 1. The second kappa shape index (κ2) is 5.95. The molecule has 0 atom stereocenters. The van der Waals surface area contributed by atoms with E-state index in [2.05, 4.69) is 5.32 Å². The van der Waals surface area contributed by atoms with Crippen molar-refractivity contribution in [2.24, 2.45) is 0 Å². The lowest BCUT2D eigenvalue weighted by Gasteiger charge is -2.10. The molecule has 4 nitrogen and oxygen atoms in total.